The second-order valence-electron chi connectivity index (χ2n) is 6.81. The molecule has 8 heteroatoms. The molecule has 0 heterocycles. The highest BCUT2D eigenvalue weighted by atomic mass is 32.2. The van der Waals surface area contributed by atoms with E-state index in [2.05, 4.69) is 9.44 Å². The topological polar surface area (TPSA) is 92.3 Å². The van der Waals surface area contributed by atoms with Crippen LogP contribution in [-0.2, 0) is 33.1 Å². The van der Waals surface area contributed by atoms with Gasteiger partial charge in [0, 0.05) is 13.1 Å². The summed E-state index contributed by atoms with van der Waals surface area (Å²) in [5.41, 5.74) is 1.66. The minimum Gasteiger partial charge on any atom is -0.212 e. The van der Waals surface area contributed by atoms with Gasteiger partial charge in [-0.15, -0.1) is 0 Å². The van der Waals surface area contributed by atoms with Crippen LogP contribution >= 0.6 is 0 Å². The van der Waals surface area contributed by atoms with Crippen LogP contribution in [0.15, 0.2) is 24.3 Å². The summed E-state index contributed by atoms with van der Waals surface area (Å²) in [6.45, 7) is 7.88. The number of hydrogen-bond acceptors (Lipinski definition) is 4. The lowest BCUT2D eigenvalue weighted by molar-refractivity contribution is 0.565. The highest BCUT2D eigenvalue weighted by Crippen LogP contribution is 2.07. The van der Waals surface area contributed by atoms with Gasteiger partial charge in [0.2, 0.25) is 20.0 Å². The lowest BCUT2D eigenvalue weighted by Gasteiger charge is -2.10. The predicted molar refractivity (Wildman–Crippen MR) is 97.4 cm³/mol. The Morgan fingerprint density at radius 2 is 1.00 bits per heavy atom. The Labute approximate surface area is 146 Å². The molecule has 0 atom stereocenters. The lowest BCUT2D eigenvalue weighted by Crippen LogP contribution is -2.28. The highest BCUT2D eigenvalue weighted by molar-refractivity contribution is 7.89. The SMILES string of the molecule is CC(C)CS(=O)(=O)NCc1ccc(CNS(=O)(=O)CC(C)C)cc1. The molecular weight excluding hydrogens is 348 g/mol. The maximum atomic E-state index is 11.8. The molecule has 0 unspecified atom stereocenters. The first kappa shape index (κ1) is 21.1. The molecule has 0 amide bonds. The van der Waals surface area contributed by atoms with E-state index in [0.29, 0.717) is 0 Å². The average Bonchev–Trinajstić information content (AvgIpc) is 2.41. The molecule has 0 aliphatic carbocycles. The summed E-state index contributed by atoms with van der Waals surface area (Å²) in [7, 11) is -6.54. The van der Waals surface area contributed by atoms with E-state index in [4.69, 9.17) is 0 Å². The molecular formula is C16H28N2O4S2. The third kappa shape index (κ3) is 8.77. The maximum Gasteiger partial charge on any atom is 0.212 e. The van der Waals surface area contributed by atoms with E-state index < -0.39 is 20.0 Å². The zero-order chi connectivity index (χ0) is 18.4. The molecule has 24 heavy (non-hydrogen) atoms. The summed E-state index contributed by atoms with van der Waals surface area (Å²) < 4.78 is 52.3. The van der Waals surface area contributed by atoms with Crippen molar-refractivity contribution in [1.29, 1.82) is 0 Å². The summed E-state index contributed by atoms with van der Waals surface area (Å²) in [5, 5.41) is 0. The number of hydrogen-bond donors (Lipinski definition) is 2. The standard InChI is InChI=1S/C16H28N2O4S2/c1-13(2)11-23(19,20)17-9-15-5-7-16(8-6-15)10-18-24(21,22)12-14(3)4/h5-8,13-14,17-18H,9-12H2,1-4H3. The van der Waals surface area contributed by atoms with Gasteiger partial charge in [0.25, 0.3) is 0 Å². The molecule has 1 aromatic carbocycles. The fourth-order valence-corrected chi connectivity index (χ4v) is 4.92. The fraction of sp³-hybridized carbons (Fsp3) is 0.625. The molecule has 0 aliphatic rings. The summed E-state index contributed by atoms with van der Waals surface area (Å²) in [6.07, 6.45) is 0. The van der Waals surface area contributed by atoms with Gasteiger partial charge in [-0.2, -0.15) is 0 Å². The molecule has 0 fully saturated rings. The van der Waals surface area contributed by atoms with Crippen LogP contribution in [0.1, 0.15) is 38.8 Å². The second-order valence-corrected chi connectivity index (χ2v) is 10.5. The van der Waals surface area contributed by atoms with Gasteiger partial charge < -0.3 is 0 Å². The van der Waals surface area contributed by atoms with Crippen LogP contribution in [0.5, 0.6) is 0 Å². The monoisotopic (exact) mass is 376 g/mol. The zero-order valence-corrected chi connectivity index (χ0v) is 16.4. The molecule has 6 nitrogen and oxygen atoms in total. The van der Waals surface area contributed by atoms with E-state index >= 15 is 0 Å². The zero-order valence-electron chi connectivity index (χ0n) is 14.7. The van der Waals surface area contributed by atoms with E-state index in [-0.39, 0.29) is 36.4 Å². The Balaban J connectivity index is 2.55. The predicted octanol–water partition coefficient (Wildman–Crippen LogP) is 1.84. The first-order chi connectivity index (χ1) is 11.0. The molecule has 0 aromatic heterocycles. The molecule has 0 radical (unpaired) electrons. The van der Waals surface area contributed by atoms with Crippen LogP contribution in [0.25, 0.3) is 0 Å². The van der Waals surface area contributed by atoms with E-state index in [0.717, 1.165) is 11.1 Å². The van der Waals surface area contributed by atoms with Crippen molar-refractivity contribution in [3.63, 3.8) is 0 Å². The molecule has 1 rings (SSSR count). The van der Waals surface area contributed by atoms with E-state index in [1.807, 2.05) is 27.7 Å². The van der Waals surface area contributed by atoms with Gasteiger partial charge in [0.15, 0.2) is 0 Å². The van der Waals surface area contributed by atoms with Crippen molar-refractivity contribution < 1.29 is 16.8 Å². The van der Waals surface area contributed by atoms with Crippen LogP contribution in [0.2, 0.25) is 0 Å². The van der Waals surface area contributed by atoms with E-state index in [9.17, 15) is 16.8 Å². The van der Waals surface area contributed by atoms with Crippen molar-refractivity contribution in [3.05, 3.63) is 35.4 Å². The van der Waals surface area contributed by atoms with Crippen molar-refractivity contribution in [1.82, 2.24) is 9.44 Å². The number of benzene rings is 1. The van der Waals surface area contributed by atoms with Gasteiger partial charge in [-0.25, -0.2) is 26.3 Å². The molecule has 1 aromatic rings. The van der Waals surface area contributed by atoms with Gasteiger partial charge in [-0.05, 0) is 23.0 Å². The van der Waals surface area contributed by atoms with Crippen molar-refractivity contribution in [3.8, 4) is 0 Å². The van der Waals surface area contributed by atoms with Crippen molar-refractivity contribution in [2.24, 2.45) is 11.8 Å². The summed E-state index contributed by atoms with van der Waals surface area (Å²) in [5.74, 6) is 0.346. The van der Waals surface area contributed by atoms with Crippen LogP contribution in [0, 0.1) is 11.8 Å². The number of rotatable bonds is 10. The van der Waals surface area contributed by atoms with Crippen molar-refractivity contribution in [2.75, 3.05) is 11.5 Å². The molecule has 0 spiro atoms. The minimum absolute atomic E-state index is 0.0729. The van der Waals surface area contributed by atoms with Gasteiger partial charge in [0.1, 0.15) is 0 Å². The van der Waals surface area contributed by atoms with Crippen LogP contribution in [0.4, 0.5) is 0 Å². The largest absolute Gasteiger partial charge is 0.212 e. The maximum absolute atomic E-state index is 11.8. The van der Waals surface area contributed by atoms with Gasteiger partial charge in [-0.1, -0.05) is 52.0 Å². The third-order valence-electron chi connectivity index (χ3n) is 3.12. The average molecular weight is 377 g/mol. The quantitative estimate of drug-likeness (QED) is 0.652. The molecule has 0 aliphatic heterocycles. The normalized spacial score (nSPS) is 12.9. The Morgan fingerprint density at radius 1 is 0.708 bits per heavy atom. The molecule has 0 saturated carbocycles. The Bertz CT molecular complexity index is 646. The first-order valence-corrected chi connectivity index (χ1v) is 11.3. The van der Waals surface area contributed by atoms with Crippen LogP contribution in [-0.4, -0.2) is 28.3 Å². The second kappa shape index (κ2) is 8.94. The fourth-order valence-electron chi connectivity index (χ4n) is 2.16. The smallest absolute Gasteiger partial charge is 0.212 e. The van der Waals surface area contributed by atoms with Gasteiger partial charge in [-0.3, -0.25) is 0 Å². The van der Waals surface area contributed by atoms with Crippen LogP contribution in [0.3, 0.4) is 0 Å². The molecule has 0 bridgehead atoms. The van der Waals surface area contributed by atoms with Gasteiger partial charge in [0.05, 0.1) is 11.5 Å². The first-order valence-electron chi connectivity index (χ1n) is 8.01. The summed E-state index contributed by atoms with van der Waals surface area (Å²) >= 11 is 0. The van der Waals surface area contributed by atoms with Crippen LogP contribution < -0.4 is 9.44 Å². The van der Waals surface area contributed by atoms with Gasteiger partial charge >= 0.3 is 0 Å². The minimum atomic E-state index is -3.27. The van der Waals surface area contributed by atoms with Crippen molar-refractivity contribution >= 4 is 20.0 Å². The summed E-state index contributed by atoms with van der Waals surface area (Å²) in [4.78, 5) is 0. The number of nitrogens with one attached hydrogen (secondary N) is 2. The van der Waals surface area contributed by atoms with Crippen molar-refractivity contribution in [2.45, 2.75) is 40.8 Å². The Morgan fingerprint density at radius 3 is 1.25 bits per heavy atom. The highest BCUT2D eigenvalue weighted by Gasteiger charge is 2.13. The Kier molecular flexibility index (Phi) is 7.85. The Hall–Kier alpha value is -0.960. The van der Waals surface area contributed by atoms with E-state index in [1.54, 1.807) is 24.3 Å². The van der Waals surface area contributed by atoms with E-state index in [1.165, 1.54) is 0 Å². The molecule has 138 valence electrons. The summed E-state index contributed by atoms with van der Waals surface area (Å²) in [6, 6.07) is 7.18. The number of sulfonamides is 2. The third-order valence-corrected chi connectivity index (χ3v) is 6.50. The molecule has 2 N–H and O–H groups in total. The lowest BCUT2D eigenvalue weighted by atomic mass is 10.1. The molecule has 0 saturated heterocycles.